The average Bonchev–Trinajstić information content (AvgIpc) is 3.14. The van der Waals surface area contributed by atoms with Gasteiger partial charge in [-0.3, -0.25) is 9.59 Å². The van der Waals surface area contributed by atoms with Crippen LogP contribution >= 0.6 is 34.8 Å². The van der Waals surface area contributed by atoms with E-state index >= 15 is 0 Å². The zero-order valence-electron chi connectivity index (χ0n) is 17.8. The molecule has 0 unspecified atom stereocenters. The Hall–Kier alpha value is -2.85. The second-order valence-electron chi connectivity index (χ2n) is 8.53. The normalized spacial score (nSPS) is 17.5. The number of hydrogen-bond acceptors (Lipinski definition) is 3. The van der Waals surface area contributed by atoms with E-state index < -0.39 is 5.41 Å². The number of nitrogens with zero attached hydrogens (tertiary/aromatic N) is 1. The SMILES string of the molecule is CC1(C)/C(=C\C=C2C(=O)c3ccccc3C2=O)N(c2c(Cl)cccc2Cl)c2ccc(Cl)cc21. The third-order valence-corrected chi connectivity index (χ3v) is 7.07. The Balaban J connectivity index is 1.72. The van der Waals surface area contributed by atoms with Crippen molar-refractivity contribution in [3.63, 3.8) is 0 Å². The summed E-state index contributed by atoms with van der Waals surface area (Å²) in [6.07, 6.45) is 3.41. The zero-order chi connectivity index (χ0) is 23.5. The summed E-state index contributed by atoms with van der Waals surface area (Å²) in [5.74, 6) is -0.544. The second-order valence-corrected chi connectivity index (χ2v) is 9.78. The molecule has 0 aromatic heterocycles. The van der Waals surface area contributed by atoms with Crippen molar-refractivity contribution in [1.82, 2.24) is 0 Å². The summed E-state index contributed by atoms with van der Waals surface area (Å²) >= 11 is 19.5. The van der Waals surface area contributed by atoms with Crippen LogP contribution in [0.3, 0.4) is 0 Å². The maximum atomic E-state index is 12.9. The molecule has 0 saturated carbocycles. The summed E-state index contributed by atoms with van der Waals surface area (Å²) in [5.41, 5.74) is 3.82. The van der Waals surface area contributed by atoms with Gasteiger partial charge in [-0.1, -0.05) is 79.0 Å². The van der Waals surface area contributed by atoms with Crippen molar-refractivity contribution in [2.75, 3.05) is 4.90 Å². The van der Waals surface area contributed by atoms with E-state index in [9.17, 15) is 9.59 Å². The lowest BCUT2D eigenvalue weighted by molar-refractivity contribution is 0.0988. The number of ketones is 2. The molecule has 5 rings (SSSR count). The van der Waals surface area contributed by atoms with Crippen LogP contribution in [0.1, 0.15) is 40.1 Å². The molecule has 0 bridgehead atoms. The Labute approximate surface area is 206 Å². The molecule has 0 saturated heterocycles. The van der Waals surface area contributed by atoms with E-state index in [0.29, 0.717) is 31.9 Å². The van der Waals surface area contributed by atoms with Gasteiger partial charge in [0.25, 0.3) is 0 Å². The molecule has 0 atom stereocenters. The quantitative estimate of drug-likeness (QED) is 0.268. The van der Waals surface area contributed by atoms with Crippen LogP contribution in [-0.4, -0.2) is 11.6 Å². The molecular weight excluding hydrogens is 477 g/mol. The lowest BCUT2D eigenvalue weighted by Gasteiger charge is -2.28. The first-order valence-electron chi connectivity index (χ1n) is 10.4. The minimum Gasteiger partial charge on any atom is -0.310 e. The molecule has 3 aromatic rings. The number of rotatable bonds is 2. The molecule has 0 N–H and O–H groups in total. The van der Waals surface area contributed by atoms with Crippen LogP contribution in [0.4, 0.5) is 11.4 Å². The van der Waals surface area contributed by atoms with E-state index in [0.717, 1.165) is 16.9 Å². The Kier molecular flexibility index (Phi) is 5.24. The second kappa shape index (κ2) is 7.88. The van der Waals surface area contributed by atoms with E-state index in [1.165, 1.54) is 0 Å². The number of carbonyl (C=O) groups excluding carboxylic acids is 2. The minimum absolute atomic E-state index is 0.138. The summed E-state index contributed by atoms with van der Waals surface area (Å²) in [7, 11) is 0. The number of carbonyl (C=O) groups is 2. The molecule has 6 heteroatoms. The molecule has 164 valence electrons. The van der Waals surface area contributed by atoms with Crippen LogP contribution in [0.15, 0.2) is 84.1 Å². The lowest BCUT2D eigenvalue weighted by Crippen LogP contribution is -2.23. The standard InChI is InChI=1S/C27H18Cl3NO2/c1-27(2)19-14-15(28)10-12-22(19)31(24-20(29)8-5-9-21(24)30)23(27)13-11-18-25(32)16-6-3-4-7-17(16)26(18)33/h3-14H,1-2H3/b23-13+. The average molecular weight is 495 g/mol. The highest BCUT2D eigenvalue weighted by atomic mass is 35.5. The van der Waals surface area contributed by atoms with E-state index in [2.05, 4.69) is 13.8 Å². The van der Waals surface area contributed by atoms with Gasteiger partial charge >= 0.3 is 0 Å². The van der Waals surface area contributed by atoms with Crippen LogP contribution in [0.25, 0.3) is 0 Å². The predicted octanol–water partition coefficient (Wildman–Crippen LogP) is 7.97. The molecule has 3 nitrogen and oxygen atoms in total. The van der Waals surface area contributed by atoms with Gasteiger partial charge in [0.2, 0.25) is 0 Å². The van der Waals surface area contributed by atoms with Crippen molar-refractivity contribution in [2.45, 2.75) is 19.3 Å². The van der Waals surface area contributed by atoms with Crippen molar-refractivity contribution in [3.8, 4) is 0 Å². The van der Waals surface area contributed by atoms with Gasteiger partial charge in [0.1, 0.15) is 0 Å². The molecule has 1 aliphatic heterocycles. The van der Waals surface area contributed by atoms with Gasteiger partial charge in [0.05, 0.1) is 27.0 Å². The molecule has 0 spiro atoms. The zero-order valence-corrected chi connectivity index (χ0v) is 20.1. The molecule has 0 amide bonds. The van der Waals surface area contributed by atoms with Gasteiger partial charge in [0.15, 0.2) is 11.6 Å². The van der Waals surface area contributed by atoms with Crippen LogP contribution in [0.2, 0.25) is 15.1 Å². The summed E-state index contributed by atoms with van der Waals surface area (Å²) < 4.78 is 0. The summed E-state index contributed by atoms with van der Waals surface area (Å²) in [6, 6.07) is 17.9. The molecule has 0 fully saturated rings. The lowest BCUT2D eigenvalue weighted by atomic mass is 9.83. The van der Waals surface area contributed by atoms with Gasteiger partial charge in [-0.25, -0.2) is 0 Å². The van der Waals surface area contributed by atoms with E-state index in [-0.39, 0.29) is 17.1 Å². The third kappa shape index (κ3) is 3.34. The number of hydrogen-bond donors (Lipinski definition) is 0. The third-order valence-electron chi connectivity index (χ3n) is 6.23. The van der Waals surface area contributed by atoms with Crippen molar-refractivity contribution in [1.29, 1.82) is 0 Å². The number of para-hydroxylation sites is 1. The first kappa shape index (κ1) is 22.0. The fraction of sp³-hybridized carbons (Fsp3) is 0.111. The largest absolute Gasteiger partial charge is 0.310 e. The monoisotopic (exact) mass is 493 g/mol. The molecule has 2 aliphatic rings. The summed E-state index contributed by atoms with van der Waals surface area (Å²) in [4.78, 5) is 27.8. The number of benzene rings is 3. The van der Waals surface area contributed by atoms with Crippen LogP contribution in [0, 0.1) is 0 Å². The fourth-order valence-electron chi connectivity index (χ4n) is 4.56. The highest BCUT2D eigenvalue weighted by molar-refractivity contribution is 6.40. The Morgan fingerprint density at radius 1 is 0.788 bits per heavy atom. The highest BCUT2D eigenvalue weighted by Gasteiger charge is 2.42. The fourth-order valence-corrected chi connectivity index (χ4v) is 5.30. The van der Waals surface area contributed by atoms with Gasteiger partial charge < -0.3 is 4.90 Å². The maximum absolute atomic E-state index is 12.9. The molecular formula is C27H18Cl3NO2. The van der Waals surface area contributed by atoms with E-state index in [4.69, 9.17) is 34.8 Å². The highest BCUT2D eigenvalue weighted by Crippen LogP contribution is 2.54. The molecule has 1 aliphatic carbocycles. The van der Waals surface area contributed by atoms with Gasteiger partial charge in [-0.05, 0) is 48.0 Å². The smallest absolute Gasteiger partial charge is 0.197 e. The van der Waals surface area contributed by atoms with E-state index in [1.807, 2.05) is 29.2 Å². The summed E-state index contributed by atoms with van der Waals surface area (Å²) in [6.45, 7) is 4.12. The van der Waals surface area contributed by atoms with Crippen molar-refractivity contribution >= 4 is 57.7 Å². The number of Topliss-reactive ketones (excluding diaryl/α,β-unsaturated/α-hetero) is 2. The molecule has 33 heavy (non-hydrogen) atoms. The van der Waals surface area contributed by atoms with Crippen molar-refractivity contribution < 1.29 is 9.59 Å². The number of halogens is 3. The number of anilines is 2. The molecule has 1 heterocycles. The number of fused-ring (bicyclic) bond motifs is 2. The van der Waals surface area contributed by atoms with Gasteiger partial charge in [-0.15, -0.1) is 0 Å². The minimum atomic E-state index is -0.503. The maximum Gasteiger partial charge on any atom is 0.197 e. The Morgan fingerprint density at radius 3 is 2.00 bits per heavy atom. The van der Waals surface area contributed by atoms with Crippen LogP contribution in [0.5, 0.6) is 0 Å². The van der Waals surface area contributed by atoms with Crippen LogP contribution in [-0.2, 0) is 5.41 Å². The van der Waals surface area contributed by atoms with E-state index in [1.54, 1.807) is 48.5 Å². The molecule has 0 radical (unpaired) electrons. The topological polar surface area (TPSA) is 37.4 Å². The molecule has 3 aromatic carbocycles. The Morgan fingerprint density at radius 2 is 1.39 bits per heavy atom. The first-order valence-corrected chi connectivity index (χ1v) is 11.5. The van der Waals surface area contributed by atoms with Crippen molar-refractivity contribution in [3.05, 3.63) is 116 Å². The first-order chi connectivity index (χ1) is 15.7. The van der Waals surface area contributed by atoms with Gasteiger partial charge in [0, 0.05) is 27.3 Å². The van der Waals surface area contributed by atoms with Crippen molar-refractivity contribution in [2.24, 2.45) is 0 Å². The summed E-state index contributed by atoms with van der Waals surface area (Å²) in [5, 5.41) is 1.59. The predicted molar refractivity (Wildman–Crippen MR) is 134 cm³/mol. The van der Waals surface area contributed by atoms with Crippen LogP contribution < -0.4 is 4.90 Å². The Bertz CT molecular complexity index is 1360. The number of allylic oxidation sites excluding steroid dienone is 4. The van der Waals surface area contributed by atoms with Gasteiger partial charge in [-0.2, -0.15) is 0 Å².